The van der Waals surface area contributed by atoms with Gasteiger partial charge in [-0.15, -0.1) is 0 Å². The third-order valence-corrected chi connectivity index (χ3v) is 3.96. The highest BCUT2D eigenvalue weighted by atomic mass is 127. The van der Waals surface area contributed by atoms with Gasteiger partial charge in [-0.2, -0.15) is 0 Å². The first-order valence-electron chi connectivity index (χ1n) is 5.89. The van der Waals surface area contributed by atoms with E-state index in [1.165, 1.54) is 11.0 Å². The van der Waals surface area contributed by atoms with Crippen molar-refractivity contribution in [2.45, 2.75) is 6.54 Å². The number of hydrogen-bond acceptors (Lipinski definition) is 4. The molecule has 0 atom stereocenters. The minimum Gasteiger partial charge on any atom is -0.304 e. The van der Waals surface area contributed by atoms with Gasteiger partial charge in [-0.3, -0.25) is 14.9 Å². The summed E-state index contributed by atoms with van der Waals surface area (Å²) in [7, 11) is 0. The van der Waals surface area contributed by atoms with Gasteiger partial charge in [0.25, 0.3) is 0 Å². The Morgan fingerprint density at radius 2 is 1.95 bits per heavy atom. The molecule has 6 nitrogen and oxygen atoms in total. The molecule has 0 saturated heterocycles. The molecule has 0 spiro atoms. The topological polar surface area (TPSA) is 76.3 Å². The lowest BCUT2D eigenvalue weighted by molar-refractivity contribution is -0.384. The molecular formula is C13H8Cl2IN3O3. The van der Waals surface area contributed by atoms with Crippen LogP contribution in [0, 0.1) is 13.7 Å². The van der Waals surface area contributed by atoms with Crippen molar-refractivity contribution in [2.75, 3.05) is 4.90 Å². The van der Waals surface area contributed by atoms with Gasteiger partial charge in [-0.05, 0) is 40.3 Å². The van der Waals surface area contributed by atoms with Crippen LogP contribution in [0.15, 0.2) is 30.3 Å². The number of pyridine rings is 1. The molecule has 0 saturated carbocycles. The number of carbonyl (C=O) groups is 1. The second-order valence-electron chi connectivity index (χ2n) is 4.22. The number of amides is 1. The number of hydrogen-bond donors (Lipinski definition) is 0. The van der Waals surface area contributed by atoms with Gasteiger partial charge in [0.1, 0.15) is 10.8 Å². The minimum atomic E-state index is -0.689. The SMILES string of the molecule is O=CN(Cc1ccc(I)cc1)c1cc(Cl)nc(Cl)c1[N+](=O)[O-]. The van der Waals surface area contributed by atoms with E-state index in [9.17, 15) is 14.9 Å². The number of halogens is 3. The van der Waals surface area contributed by atoms with E-state index in [0.717, 1.165) is 9.13 Å². The summed E-state index contributed by atoms with van der Waals surface area (Å²) in [6, 6.07) is 8.65. The lowest BCUT2D eigenvalue weighted by Gasteiger charge is -2.18. The molecule has 0 bridgehead atoms. The maximum absolute atomic E-state index is 11.4. The van der Waals surface area contributed by atoms with Crippen molar-refractivity contribution in [1.29, 1.82) is 0 Å². The fourth-order valence-corrected chi connectivity index (χ4v) is 2.67. The predicted octanol–water partition coefficient (Wildman–Crippen LogP) is 4.06. The number of aromatic nitrogens is 1. The Morgan fingerprint density at radius 3 is 2.50 bits per heavy atom. The van der Waals surface area contributed by atoms with Crippen molar-refractivity contribution >= 4 is 63.6 Å². The fourth-order valence-electron chi connectivity index (χ4n) is 1.82. The van der Waals surface area contributed by atoms with Crippen LogP contribution in [0.1, 0.15) is 5.56 Å². The normalized spacial score (nSPS) is 10.3. The van der Waals surface area contributed by atoms with Crippen molar-refractivity contribution in [3.8, 4) is 0 Å². The second kappa shape index (κ2) is 7.21. The first-order valence-corrected chi connectivity index (χ1v) is 7.72. The van der Waals surface area contributed by atoms with Crippen molar-refractivity contribution in [2.24, 2.45) is 0 Å². The Balaban J connectivity index is 2.44. The summed E-state index contributed by atoms with van der Waals surface area (Å²) in [5.74, 6) is 0. The monoisotopic (exact) mass is 451 g/mol. The van der Waals surface area contributed by atoms with E-state index >= 15 is 0 Å². The maximum Gasteiger partial charge on any atom is 0.330 e. The summed E-state index contributed by atoms with van der Waals surface area (Å²) >= 11 is 13.7. The molecule has 1 amide bonds. The standard InChI is InChI=1S/C13H8Cl2IN3O3/c14-11-5-10(12(19(21)22)13(15)17-11)18(7-20)6-8-1-3-9(16)4-2-8/h1-5,7H,6H2. The van der Waals surface area contributed by atoms with Crippen LogP contribution in [-0.2, 0) is 11.3 Å². The highest BCUT2D eigenvalue weighted by Gasteiger charge is 2.25. The van der Waals surface area contributed by atoms with Crippen molar-refractivity contribution in [3.63, 3.8) is 0 Å². The Kier molecular flexibility index (Phi) is 5.54. The van der Waals surface area contributed by atoms with Crippen molar-refractivity contribution in [1.82, 2.24) is 4.98 Å². The molecule has 22 heavy (non-hydrogen) atoms. The van der Waals surface area contributed by atoms with Gasteiger partial charge in [-0.25, -0.2) is 4.98 Å². The Labute approximate surface area is 149 Å². The van der Waals surface area contributed by atoms with Crippen LogP contribution < -0.4 is 4.90 Å². The van der Waals surface area contributed by atoms with Crippen LogP contribution in [-0.4, -0.2) is 16.3 Å². The number of nitrogens with zero attached hydrogens (tertiary/aromatic N) is 3. The molecule has 2 aromatic rings. The summed E-state index contributed by atoms with van der Waals surface area (Å²) in [6.45, 7) is 0.151. The lowest BCUT2D eigenvalue weighted by Crippen LogP contribution is -2.21. The van der Waals surface area contributed by atoms with E-state index in [2.05, 4.69) is 27.6 Å². The molecule has 1 aromatic carbocycles. The van der Waals surface area contributed by atoms with Gasteiger partial charge in [0.15, 0.2) is 0 Å². The molecule has 0 unspecified atom stereocenters. The fraction of sp³-hybridized carbons (Fsp3) is 0.0769. The summed E-state index contributed by atoms with van der Waals surface area (Å²) in [5.41, 5.74) is 0.359. The zero-order chi connectivity index (χ0) is 16.3. The Bertz CT molecular complexity index is 725. The van der Waals surface area contributed by atoms with Gasteiger partial charge < -0.3 is 4.90 Å². The van der Waals surface area contributed by atoms with Crippen molar-refractivity contribution < 1.29 is 9.72 Å². The Hall–Kier alpha value is -1.45. The van der Waals surface area contributed by atoms with E-state index in [0.29, 0.717) is 6.41 Å². The quantitative estimate of drug-likeness (QED) is 0.226. The van der Waals surface area contributed by atoms with E-state index in [1.807, 2.05) is 24.3 Å². The van der Waals surface area contributed by atoms with Crippen LogP contribution >= 0.6 is 45.8 Å². The van der Waals surface area contributed by atoms with Gasteiger partial charge in [0.2, 0.25) is 11.6 Å². The molecule has 1 aromatic heterocycles. The third kappa shape index (κ3) is 3.84. The average Bonchev–Trinajstić information content (AvgIpc) is 2.45. The van der Waals surface area contributed by atoms with Gasteiger partial charge >= 0.3 is 5.69 Å². The van der Waals surface area contributed by atoms with Crippen molar-refractivity contribution in [3.05, 3.63) is 59.9 Å². The largest absolute Gasteiger partial charge is 0.330 e. The summed E-state index contributed by atoms with van der Waals surface area (Å²) in [6.07, 6.45) is 0.493. The highest BCUT2D eigenvalue weighted by Crippen LogP contribution is 2.36. The molecule has 9 heteroatoms. The number of nitro groups is 1. The molecule has 0 fully saturated rings. The summed E-state index contributed by atoms with van der Waals surface area (Å²) in [5, 5.41) is 10.8. The Morgan fingerprint density at radius 1 is 1.32 bits per heavy atom. The van der Waals surface area contributed by atoms with E-state index in [4.69, 9.17) is 23.2 Å². The van der Waals surface area contributed by atoms with Gasteiger partial charge in [-0.1, -0.05) is 35.3 Å². The smallest absolute Gasteiger partial charge is 0.304 e. The molecular weight excluding hydrogens is 444 g/mol. The summed E-state index contributed by atoms with van der Waals surface area (Å²) < 4.78 is 1.04. The number of anilines is 1. The molecule has 0 aliphatic heterocycles. The number of carbonyl (C=O) groups excluding carboxylic acids is 1. The summed E-state index contributed by atoms with van der Waals surface area (Å²) in [4.78, 5) is 26.6. The third-order valence-electron chi connectivity index (χ3n) is 2.78. The predicted molar refractivity (Wildman–Crippen MR) is 92.3 cm³/mol. The van der Waals surface area contributed by atoms with Crippen LogP contribution in [0.4, 0.5) is 11.4 Å². The molecule has 0 aliphatic rings. The molecule has 0 radical (unpaired) electrons. The lowest BCUT2D eigenvalue weighted by atomic mass is 10.2. The van der Waals surface area contributed by atoms with E-state index in [-0.39, 0.29) is 22.5 Å². The first-order chi connectivity index (χ1) is 10.4. The molecule has 0 N–H and O–H groups in total. The molecule has 114 valence electrons. The average molecular weight is 452 g/mol. The zero-order valence-corrected chi connectivity index (χ0v) is 14.5. The van der Waals surface area contributed by atoms with E-state index in [1.54, 1.807) is 0 Å². The van der Waals surface area contributed by atoms with Gasteiger partial charge in [0, 0.05) is 9.64 Å². The van der Waals surface area contributed by atoms with Crippen LogP contribution in [0.5, 0.6) is 0 Å². The minimum absolute atomic E-state index is 0.00329. The van der Waals surface area contributed by atoms with Crippen LogP contribution in [0.3, 0.4) is 0 Å². The number of benzene rings is 1. The van der Waals surface area contributed by atoms with Crippen LogP contribution in [0.2, 0.25) is 10.3 Å². The first kappa shape index (κ1) is 16.9. The zero-order valence-electron chi connectivity index (χ0n) is 10.9. The van der Waals surface area contributed by atoms with Crippen LogP contribution in [0.25, 0.3) is 0 Å². The van der Waals surface area contributed by atoms with E-state index < -0.39 is 10.6 Å². The molecule has 2 rings (SSSR count). The molecule has 0 aliphatic carbocycles. The molecule has 1 heterocycles. The number of rotatable bonds is 5. The van der Waals surface area contributed by atoms with Gasteiger partial charge in [0.05, 0.1) is 11.5 Å². The maximum atomic E-state index is 11.4. The highest BCUT2D eigenvalue weighted by molar-refractivity contribution is 14.1. The second-order valence-corrected chi connectivity index (χ2v) is 6.21.